The molecule has 0 atom stereocenters. The predicted molar refractivity (Wildman–Crippen MR) is 68.3 cm³/mol. The molecule has 0 aliphatic rings. The molecule has 0 spiro atoms. The van der Waals surface area contributed by atoms with Crippen LogP contribution in [0.5, 0.6) is 0 Å². The number of hydrogen-bond acceptors (Lipinski definition) is 2. The molecule has 16 heavy (non-hydrogen) atoms. The average molecular weight is 224 g/mol. The second kappa shape index (κ2) is 12.0. The van der Waals surface area contributed by atoms with Crippen LogP contribution in [0.25, 0.3) is 0 Å². The third kappa shape index (κ3) is 11.0. The van der Waals surface area contributed by atoms with E-state index in [0.717, 1.165) is 6.42 Å². The smallest absolute Gasteiger partial charge is 0.309 e. The van der Waals surface area contributed by atoms with Crippen LogP contribution in [-0.2, 0) is 9.53 Å². The van der Waals surface area contributed by atoms with Crippen molar-refractivity contribution in [3.63, 3.8) is 0 Å². The van der Waals surface area contributed by atoms with Gasteiger partial charge >= 0.3 is 5.97 Å². The molecule has 0 aromatic heterocycles. The summed E-state index contributed by atoms with van der Waals surface area (Å²) in [5.41, 5.74) is 0. The molecule has 2 nitrogen and oxygen atoms in total. The Kier molecular flexibility index (Phi) is 11.2. The Bertz CT molecular complexity index is 217. The molecule has 0 N–H and O–H groups in total. The number of carbonyl (C=O) groups excluding carboxylic acids is 1. The van der Waals surface area contributed by atoms with E-state index in [1.807, 2.05) is 25.2 Å². The number of ether oxygens (including phenoxy) is 1. The Labute approximate surface area is 99.4 Å². The lowest BCUT2D eigenvalue weighted by molar-refractivity contribution is -0.142. The first-order chi connectivity index (χ1) is 7.81. The molecular weight excluding hydrogens is 200 g/mol. The maximum Gasteiger partial charge on any atom is 0.309 e. The Balaban J connectivity index is 3.37. The fourth-order valence-electron chi connectivity index (χ4n) is 1.33. The van der Waals surface area contributed by atoms with E-state index in [1.54, 1.807) is 0 Å². The summed E-state index contributed by atoms with van der Waals surface area (Å²) >= 11 is 0. The monoisotopic (exact) mass is 224 g/mol. The Morgan fingerprint density at radius 2 is 1.81 bits per heavy atom. The van der Waals surface area contributed by atoms with Gasteiger partial charge in [0.2, 0.25) is 0 Å². The summed E-state index contributed by atoms with van der Waals surface area (Å²) in [5.74, 6) is -0.157. The molecule has 0 amide bonds. The van der Waals surface area contributed by atoms with Crippen LogP contribution in [0.2, 0.25) is 0 Å². The van der Waals surface area contributed by atoms with E-state index in [9.17, 15) is 4.79 Å². The molecule has 0 aliphatic heterocycles. The van der Waals surface area contributed by atoms with Crippen molar-refractivity contribution in [2.75, 3.05) is 6.61 Å². The van der Waals surface area contributed by atoms with E-state index < -0.39 is 0 Å². The average Bonchev–Trinajstić information content (AvgIpc) is 2.27. The van der Waals surface area contributed by atoms with Crippen LogP contribution in [0.15, 0.2) is 24.3 Å². The summed E-state index contributed by atoms with van der Waals surface area (Å²) in [6.07, 6.45) is 14.6. The molecule has 0 aliphatic carbocycles. The summed E-state index contributed by atoms with van der Waals surface area (Å²) < 4.78 is 4.80. The van der Waals surface area contributed by atoms with Crippen LogP contribution in [0, 0.1) is 0 Å². The number of unbranched alkanes of at least 4 members (excludes halogenated alkanes) is 4. The molecule has 0 aromatic rings. The van der Waals surface area contributed by atoms with Crippen molar-refractivity contribution in [1.29, 1.82) is 0 Å². The van der Waals surface area contributed by atoms with Gasteiger partial charge in [-0.15, -0.1) is 0 Å². The molecule has 0 heterocycles. The zero-order valence-corrected chi connectivity index (χ0v) is 10.6. The van der Waals surface area contributed by atoms with Crippen molar-refractivity contribution in [2.45, 2.75) is 52.4 Å². The van der Waals surface area contributed by atoms with Gasteiger partial charge in [0.05, 0.1) is 13.0 Å². The summed E-state index contributed by atoms with van der Waals surface area (Å²) in [6, 6.07) is 0. The number of carbonyl (C=O) groups is 1. The van der Waals surface area contributed by atoms with Crippen LogP contribution < -0.4 is 0 Å². The van der Waals surface area contributed by atoms with Gasteiger partial charge in [0, 0.05) is 0 Å². The van der Waals surface area contributed by atoms with Crippen molar-refractivity contribution < 1.29 is 9.53 Å². The van der Waals surface area contributed by atoms with Crippen molar-refractivity contribution >= 4 is 5.97 Å². The fourth-order valence-corrected chi connectivity index (χ4v) is 1.33. The quantitative estimate of drug-likeness (QED) is 0.336. The van der Waals surface area contributed by atoms with Crippen LogP contribution in [-0.4, -0.2) is 12.6 Å². The summed E-state index contributed by atoms with van der Waals surface area (Å²) in [4.78, 5) is 11.0. The zero-order valence-electron chi connectivity index (χ0n) is 10.6. The third-order valence-electron chi connectivity index (χ3n) is 2.20. The van der Waals surface area contributed by atoms with Crippen molar-refractivity contribution in [3.8, 4) is 0 Å². The minimum atomic E-state index is -0.157. The minimum absolute atomic E-state index is 0.157. The van der Waals surface area contributed by atoms with Crippen LogP contribution >= 0.6 is 0 Å². The third-order valence-corrected chi connectivity index (χ3v) is 2.20. The topological polar surface area (TPSA) is 26.3 Å². The molecule has 0 saturated carbocycles. The van der Waals surface area contributed by atoms with Crippen LogP contribution in [0.4, 0.5) is 0 Å². The summed E-state index contributed by atoms with van der Waals surface area (Å²) in [7, 11) is 0. The number of hydrogen-bond donors (Lipinski definition) is 0. The first-order valence-corrected chi connectivity index (χ1v) is 6.28. The second-order valence-corrected chi connectivity index (χ2v) is 3.71. The lowest BCUT2D eigenvalue weighted by atomic mass is 10.1. The lowest BCUT2D eigenvalue weighted by Crippen LogP contribution is -2.01. The van der Waals surface area contributed by atoms with Crippen LogP contribution in [0.1, 0.15) is 52.4 Å². The van der Waals surface area contributed by atoms with E-state index in [1.165, 1.54) is 25.7 Å². The maximum absolute atomic E-state index is 11.0. The second-order valence-electron chi connectivity index (χ2n) is 3.71. The molecule has 0 bridgehead atoms. The lowest BCUT2D eigenvalue weighted by Gasteiger charge is -1.95. The molecule has 0 radical (unpaired) electrons. The van der Waals surface area contributed by atoms with E-state index in [-0.39, 0.29) is 5.97 Å². The van der Waals surface area contributed by atoms with E-state index in [2.05, 4.69) is 13.0 Å². The van der Waals surface area contributed by atoms with E-state index >= 15 is 0 Å². The number of rotatable bonds is 9. The number of allylic oxidation sites excluding steroid dienone is 3. The summed E-state index contributed by atoms with van der Waals surface area (Å²) in [5, 5.41) is 0. The van der Waals surface area contributed by atoms with Gasteiger partial charge < -0.3 is 4.74 Å². The maximum atomic E-state index is 11.0. The molecule has 0 fully saturated rings. The Morgan fingerprint density at radius 3 is 2.50 bits per heavy atom. The SMILES string of the molecule is CCCCCC/C=C/C=C/CC(=O)OCC. The summed E-state index contributed by atoms with van der Waals surface area (Å²) in [6.45, 7) is 4.49. The van der Waals surface area contributed by atoms with Gasteiger partial charge in [0.25, 0.3) is 0 Å². The van der Waals surface area contributed by atoms with E-state index in [4.69, 9.17) is 4.74 Å². The van der Waals surface area contributed by atoms with Gasteiger partial charge in [0.1, 0.15) is 0 Å². The first-order valence-electron chi connectivity index (χ1n) is 6.28. The molecule has 0 saturated heterocycles. The van der Waals surface area contributed by atoms with Crippen molar-refractivity contribution in [1.82, 2.24) is 0 Å². The predicted octanol–water partition coefficient (Wildman–Crippen LogP) is 4.02. The molecular formula is C14H24O2. The highest BCUT2D eigenvalue weighted by molar-refractivity contribution is 5.71. The molecule has 0 rings (SSSR count). The van der Waals surface area contributed by atoms with Gasteiger partial charge in [0.15, 0.2) is 0 Å². The van der Waals surface area contributed by atoms with Gasteiger partial charge in [-0.25, -0.2) is 0 Å². The van der Waals surface area contributed by atoms with Crippen molar-refractivity contribution in [2.24, 2.45) is 0 Å². The Hall–Kier alpha value is -1.05. The van der Waals surface area contributed by atoms with Crippen molar-refractivity contribution in [3.05, 3.63) is 24.3 Å². The van der Waals surface area contributed by atoms with Gasteiger partial charge in [-0.3, -0.25) is 4.79 Å². The minimum Gasteiger partial charge on any atom is -0.466 e. The van der Waals surface area contributed by atoms with Crippen LogP contribution in [0.3, 0.4) is 0 Å². The molecule has 0 unspecified atom stereocenters. The fraction of sp³-hybridized carbons (Fsp3) is 0.643. The van der Waals surface area contributed by atoms with Gasteiger partial charge in [-0.1, -0.05) is 50.5 Å². The highest BCUT2D eigenvalue weighted by atomic mass is 16.5. The first kappa shape index (κ1) is 14.9. The highest BCUT2D eigenvalue weighted by Crippen LogP contribution is 2.02. The zero-order chi connectivity index (χ0) is 12.1. The largest absolute Gasteiger partial charge is 0.466 e. The Morgan fingerprint density at radius 1 is 1.06 bits per heavy atom. The standard InChI is InChI=1S/C14H24O2/c1-3-5-6-7-8-9-10-11-12-13-14(15)16-4-2/h9-12H,3-8,13H2,1-2H3/b10-9+,12-11+. The van der Waals surface area contributed by atoms with Gasteiger partial charge in [-0.05, 0) is 19.8 Å². The normalized spacial score (nSPS) is 11.4. The highest BCUT2D eigenvalue weighted by Gasteiger charge is 1.94. The molecule has 92 valence electrons. The van der Waals surface area contributed by atoms with Gasteiger partial charge in [-0.2, -0.15) is 0 Å². The van der Waals surface area contributed by atoms with E-state index in [0.29, 0.717) is 13.0 Å². The molecule has 0 aromatic carbocycles. The molecule has 2 heteroatoms. The number of esters is 1.